The Hall–Kier alpha value is -3.69. The first kappa shape index (κ1) is 18.7. The van der Waals surface area contributed by atoms with Gasteiger partial charge in [-0.2, -0.15) is 0 Å². The third-order valence-corrected chi connectivity index (χ3v) is 5.35. The van der Waals surface area contributed by atoms with Crippen LogP contribution in [0.2, 0.25) is 0 Å². The van der Waals surface area contributed by atoms with Crippen molar-refractivity contribution in [2.75, 3.05) is 5.01 Å². The van der Waals surface area contributed by atoms with Crippen molar-refractivity contribution >= 4 is 33.6 Å². The van der Waals surface area contributed by atoms with Gasteiger partial charge >= 0.3 is 0 Å². The number of benzene rings is 2. The van der Waals surface area contributed by atoms with Gasteiger partial charge in [0.1, 0.15) is 5.57 Å². The molecule has 0 saturated carbocycles. The van der Waals surface area contributed by atoms with Gasteiger partial charge in [-0.25, -0.2) is 18.6 Å². The van der Waals surface area contributed by atoms with Crippen LogP contribution >= 0.6 is 0 Å². The van der Waals surface area contributed by atoms with Crippen LogP contribution in [0.5, 0.6) is 0 Å². The molecule has 1 aliphatic rings. The summed E-state index contributed by atoms with van der Waals surface area (Å²) in [6.45, 7) is 0. The van der Waals surface area contributed by atoms with Gasteiger partial charge in [-0.05, 0) is 54.6 Å². The zero-order chi connectivity index (χ0) is 20.6. The lowest BCUT2D eigenvalue weighted by Crippen LogP contribution is -2.35. The Morgan fingerprint density at radius 1 is 0.862 bits per heavy atom. The molecule has 29 heavy (non-hydrogen) atoms. The molecule has 0 atom stereocenters. The Morgan fingerprint density at radius 3 is 2.21 bits per heavy atom. The van der Waals surface area contributed by atoms with Crippen molar-refractivity contribution < 1.29 is 18.0 Å². The van der Waals surface area contributed by atoms with E-state index in [1.807, 2.05) is 6.07 Å². The molecular formula is C20H16N4O4S. The van der Waals surface area contributed by atoms with E-state index in [4.69, 9.17) is 5.14 Å². The molecular weight excluding hydrogens is 392 g/mol. The summed E-state index contributed by atoms with van der Waals surface area (Å²) >= 11 is 0. The normalized spacial score (nSPS) is 15.8. The highest BCUT2D eigenvalue weighted by Gasteiger charge is 2.34. The van der Waals surface area contributed by atoms with E-state index in [2.05, 4.69) is 5.43 Å². The number of amides is 2. The van der Waals surface area contributed by atoms with E-state index in [9.17, 15) is 18.0 Å². The number of nitrogens with one attached hydrogen (secondary N) is 1. The SMILES string of the molecule is NS(=O)(=O)c1ccc(-n2cccc2/C=C2/C(=O)NN(c3ccccc3)C2=O)cc1. The number of nitrogens with two attached hydrogens (primary N) is 1. The fraction of sp³-hybridized carbons (Fsp3) is 0. The minimum Gasteiger partial charge on any atom is -0.317 e. The van der Waals surface area contributed by atoms with Gasteiger partial charge in [0.05, 0.1) is 10.6 Å². The highest BCUT2D eigenvalue weighted by Crippen LogP contribution is 2.23. The maximum Gasteiger partial charge on any atom is 0.282 e. The standard InChI is InChI=1S/C20H16N4O4S/c21-29(27,28)17-10-8-14(9-11-17)23-12-4-7-16(23)13-18-19(25)22-24(20(18)26)15-5-2-1-3-6-15/h1-13H,(H,22,25)(H2,21,27,28)/b18-13-. The molecule has 1 aliphatic heterocycles. The van der Waals surface area contributed by atoms with E-state index in [0.29, 0.717) is 17.1 Å². The lowest BCUT2D eigenvalue weighted by atomic mass is 10.2. The predicted octanol–water partition coefficient (Wildman–Crippen LogP) is 1.59. The molecule has 1 aromatic heterocycles. The first-order chi connectivity index (χ1) is 13.8. The number of hydrogen-bond acceptors (Lipinski definition) is 4. The van der Waals surface area contributed by atoms with Gasteiger partial charge in [0.15, 0.2) is 0 Å². The Kier molecular flexibility index (Phi) is 4.53. The molecule has 3 aromatic rings. The van der Waals surface area contributed by atoms with Crippen LogP contribution in [0.3, 0.4) is 0 Å². The quantitative estimate of drug-likeness (QED) is 0.504. The molecule has 0 unspecified atom stereocenters. The summed E-state index contributed by atoms with van der Waals surface area (Å²) in [6.07, 6.45) is 3.23. The second-order valence-corrected chi connectivity index (χ2v) is 7.88. The van der Waals surface area contributed by atoms with Crippen molar-refractivity contribution in [3.63, 3.8) is 0 Å². The molecule has 1 fully saturated rings. The van der Waals surface area contributed by atoms with Crippen molar-refractivity contribution in [2.45, 2.75) is 4.90 Å². The van der Waals surface area contributed by atoms with Crippen LogP contribution in [-0.2, 0) is 19.6 Å². The highest BCUT2D eigenvalue weighted by molar-refractivity contribution is 7.89. The molecule has 1 saturated heterocycles. The van der Waals surface area contributed by atoms with E-state index in [-0.39, 0.29) is 10.5 Å². The predicted molar refractivity (Wildman–Crippen MR) is 107 cm³/mol. The molecule has 0 aliphatic carbocycles. The molecule has 2 amide bonds. The average molecular weight is 408 g/mol. The molecule has 8 nitrogen and oxygen atoms in total. The van der Waals surface area contributed by atoms with Gasteiger partial charge in [-0.1, -0.05) is 18.2 Å². The van der Waals surface area contributed by atoms with Crippen LogP contribution in [-0.4, -0.2) is 24.8 Å². The summed E-state index contributed by atoms with van der Waals surface area (Å²) in [6, 6.07) is 18.3. The van der Waals surface area contributed by atoms with Crippen molar-refractivity contribution in [3.8, 4) is 5.69 Å². The largest absolute Gasteiger partial charge is 0.317 e. The number of sulfonamides is 1. The lowest BCUT2D eigenvalue weighted by Gasteiger charge is -2.13. The Morgan fingerprint density at radius 2 is 1.55 bits per heavy atom. The number of hydrazine groups is 1. The number of rotatable bonds is 4. The first-order valence-electron chi connectivity index (χ1n) is 8.57. The maximum absolute atomic E-state index is 12.7. The van der Waals surface area contributed by atoms with Crippen molar-refractivity contribution in [1.82, 2.24) is 9.99 Å². The molecule has 4 rings (SSSR count). The maximum atomic E-state index is 12.7. The summed E-state index contributed by atoms with van der Waals surface area (Å²) in [5.41, 5.74) is 4.34. The number of aromatic nitrogens is 1. The highest BCUT2D eigenvalue weighted by atomic mass is 32.2. The van der Waals surface area contributed by atoms with Crippen LogP contribution in [0.1, 0.15) is 5.69 Å². The van der Waals surface area contributed by atoms with Gasteiger partial charge in [-0.3, -0.25) is 15.0 Å². The molecule has 2 heterocycles. The Balaban J connectivity index is 1.67. The topological polar surface area (TPSA) is 114 Å². The van der Waals surface area contributed by atoms with E-state index >= 15 is 0 Å². The van der Waals surface area contributed by atoms with Crippen molar-refractivity contribution in [2.24, 2.45) is 5.14 Å². The summed E-state index contributed by atoms with van der Waals surface area (Å²) < 4.78 is 24.6. The number of para-hydroxylation sites is 1. The minimum atomic E-state index is -3.79. The van der Waals surface area contributed by atoms with Crippen LogP contribution in [0.4, 0.5) is 5.69 Å². The molecule has 0 radical (unpaired) electrons. The van der Waals surface area contributed by atoms with Crippen LogP contribution in [0.15, 0.2) is 83.4 Å². The second-order valence-electron chi connectivity index (χ2n) is 6.32. The zero-order valence-electron chi connectivity index (χ0n) is 15.0. The van der Waals surface area contributed by atoms with Gasteiger partial charge in [0.25, 0.3) is 11.8 Å². The second kappa shape index (κ2) is 7.04. The Bertz CT molecular complexity index is 1230. The number of carbonyl (C=O) groups is 2. The fourth-order valence-electron chi connectivity index (χ4n) is 3.01. The molecule has 146 valence electrons. The number of anilines is 1. The van der Waals surface area contributed by atoms with Gasteiger partial charge in [0, 0.05) is 17.6 Å². The molecule has 0 bridgehead atoms. The minimum absolute atomic E-state index is 0.00263. The fourth-order valence-corrected chi connectivity index (χ4v) is 3.52. The van der Waals surface area contributed by atoms with Crippen molar-refractivity contribution in [1.29, 1.82) is 0 Å². The first-order valence-corrected chi connectivity index (χ1v) is 10.1. The average Bonchev–Trinajstić information content (AvgIpc) is 3.28. The van der Waals surface area contributed by atoms with E-state index in [1.54, 1.807) is 59.3 Å². The molecule has 0 spiro atoms. The Labute approximate surface area is 166 Å². The summed E-state index contributed by atoms with van der Waals surface area (Å²) in [5.74, 6) is -0.963. The van der Waals surface area contributed by atoms with Crippen LogP contribution in [0.25, 0.3) is 11.8 Å². The number of carbonyl (C=O) groups excluding carboxylic acids is 2. The lowest BCUT2D eigenvalue weighted by molar-refractivity contribution is -0.117. The number of nitrogens with zero attached hydrogens (tertiary/aromatic N) is 2. The molecule has 2 aromatic carbocycles. The molecule has 9 heteroatoms. The van der Waals surface area contributed by atoms with Crippen LogP contribution in [0, 0.1) is 0 Å². The van der Waals surface area contributed by atoms with E-state index in [0.717, 1.165) is 0 Å². The monoisotopic (exact) mass is 408 g/mol. The van der Waals surface area contributed by atoms with E-state index < -0.39 is 21.8 Å². The number of hydrogen-bond donors (Lipinski definition) is 2. The zero-order valence-corrected chi connectivity index (χ0v) is 15.8. The van der Waals surface area contributed by atoms with Crippen LogP contribution < -0.4 is 15.6 Å². The summed E-state index contributed by atoms with van der Waals surface area (Å²) in [4.78, 5) is 25.1. The number of primary sulfonamides is 1. The van der Waals surface area contributed by atoms with Gasteiger partial charge in [-0.15, -0.1) is 0 Å². The van der Waals surface area contributed by atoms with E-state index in [1.165, 1.54) is 23.2 Å². The molecule has 3 N–H and O–H groups in total. The third-order valence-electron chi connectivity index (χ3n) is 4.42. The van der Waals surface area contributed by atoms with Crippen molar-refractivity contribution in [3.05, 3.63) is 84.2 Å². The third kappa shape index (κ3) is 3.56. The summed E-state index contributed by atoms with van der Waals surface area (Å²) in [7, 11) is -3.79. The smallest absolute Gasteiger partial charge is 0.282 e. The summed E-state index contributed by atoms with van der Waals surface area (Å²) in [5, 5.41) is 6.32. The van der Waals surface area contributed by atoms with Gasteiger partial charge < -0.3 is 4.57 Å². The van der Waals surface area contributed by atoms with Gasteiger partial charge in [0.2, 0.25) is 10.0 Å².